The number of rotatable bonds is 1. The zero-order valence-corrected chi connectivity index (χ0v) is 7.88. The van der Waals surface area contributed by atoms with Crippen molar-refractivity contribution in [3.63, 3.8) is 0 Å². The van der Waals surface area contributed by atoms with Crippen LogP contribution in [-0.2, 0) is 0 Å². The smallest absolute Gasteiger partial charge is 0.128 e. The first-order chi connectivity index (χ1) is 6.27. The summed E-state index contributed by atoms with van der Waals surface area (Å²) in [4.78, 5) is 2.10. The van der Waals surface area contributed by atoms with Crippen molar-refractivity contribution in [2.75, 3.05) is 13.1 Å². The molecule has 0 radical (unpaired) electrons. The Morgan fingerprint density at radius 2 is 1.85 bits per heavy atom. The van der Waals surface area contributed by atoms with Crippen LogP contribution in [0.25, 0.3) is 0 Å². The number of likely N-dealkylation sites (tertiary alicyclic amines) is 1. The van der Waals surface area contributed by atoms with Crippen molar-refractivity contribution < 1.29 is 0 Å². The number of aryl methyl sites for hydroxylation is 1. The zero-order valence-electron chi connectivity index (χ0n) is 7.88. The maximum Gasteiger partial charge on any atom is 0.128 e. The van der Waals surface area contributed by atoms with E-state index in [1.165, 1.54) is 12.0 Å². The molecule has 13 heavy (non-hydrogen) atoms. The van der Waals surface area contributed by atoms with Crippen molar-refractivity contribution >= 4 is 5.84 Å². The molecule has 0 saturated carbocycles. The molecule has 0 aromatic heterocycles. The monoisotopic (exact) mass is 174 g/mol. The standard InChI is InChI=1S/C11H14N2/c1-9-3-5-10(6-4-9)11(12)13-7-2-8-13/h3-6,12H,2,7-8H2,1H3. The molecule has 1 aliphatic heterocycles. The van der Waals surface area contributed by atoms with E-state index in [0.29, 0.717) is 5.84 Å². The van der Waals surface area contributed by atoms with Crippen LogP contribution in [0, 0.1) is 12.3 Å². The molecule has 2 nitrogen and oxygen atoms in total. The van der Waals surface area contributed by atoms with Crippen LogP contribution >= 0.6 is 0 Å². The first kappa shape index (κ1) is 8.30. The van der Waals surface area contributed by atoms with Crippen molar-refractivity contribution in [1.29, 1.82) is 5.41 Å². The third-order valence-corrected chi connectivity index (χ3v) is 2.50. The van der Waals surface area contributed by atoms with Gasteiger partial charge in [-0.3, -0.25) is 5.41 Å². The predicted molar refractivity (Wildman–Crippen MR) is 54.2 cm³/mol. The fraction of sp³-hybridized carbons (Fsp3) is 0.364. The van der Waals surface area contributed by atoms with Gasteiger partial charge in [-0.25, -0.2) is 0 Å². The van der Waals surface area contributed by atoms with Crippen LogP contribution in [0.5, 0.6) is 0 Å². The van der Waals surface area contributed by atoms with Gasteiger partial charge < -0.3 is 4.90 Å². The van der Waals surface area contributed by atoms with Gasteiger partial charge in [0.15, 0.2) is 0 Å². The molecule has 2 heteroatoms. The normalized spacial score (nSPS) is 15.3. The van der Waals surface area contributed by atoms with Crippen LogP contribution < -0.4 is 0 Å². The highest BCUT2D eigenvalue weighted by Gasteiger charge is 2.17. The third kappa shape index (κ3) is 1.57. The molecule has 1 N–H and O–H groups in total. The van der Waals surface area contributed by atoms with Gasteiger partial charge in [0, 0.05) is 18.7 Å². The average Bonchev–Trinajstić information content (AvgIpc) is 2.02. The van der Waals surface area contributed by atoms with Gasteiger partial charge in [0.25, 0.3) is 0 Å². The van der Waals surface area contributed by atoms with Gasteiger partial charge >= 0.3 is 0 Å². The molecule has 1 heterocycles. The van der Waals surface area contributed by atoms with E-state index in [-0.39, 0.29) is 0 Å². The molecule has 0 amide bonds. The van der Waals surface area contributed by atoms with Gasteiger partial charge in [0.05, 0.1) is 0 Å². The van der Waals surface area contributed by atoms with Crippen molar-refractivity contribution in [3.05, 3.63) is 35.4 Å². The highest BCUT2D eigenvalue weighted by atomic mass is 15.2. The van der Waals surface area contributed by atoms with Gasteiger partial charge in [-0.2, -0.15) is 0 Å². The summed E-state index contributed by atoms with van der Waals surface area (Å²) in [5.74, 6) is 0.672. The molecule has 0 atom stereocenters. The van der Waals surface area contributed by atoms with Crippen LogP contribution in [0.1, 0.15) is 17.5 Å². The molecule has 1 aromatic rings. The minimum Gasteiger partial charge on any atom is -0.356 e. The van der Waals surface area contributed by atoms with Gasteiger partial charge in [-0.1, -0.05) is 29.8 Å². The van der Waals surface area contributed by atoms with Crippen LogP contribution in [-0.4, -0.2) is 23.8 Å². The molecule has 1 aliphatic rings. The molecule has 0 spiro atoms. The van der Waals surface area contributed by atoms with Crippen molar-refractivity contribution in [2.45, 2.75) is 13.3 Å². The van der Waals surface area contributed by atoms with Gasteiger partial charge in [0.2, 0.25) is 0 Å². The van der Waals surface area contributed by atoms with Crippen LogP contribution in [0.2, 0.25) is 0 Å². The SMILES string of the molecule is Cc1ccc(C(=N)N2CCC2)cc1. The Morgan fingerprint density at radius 3 is 2.31 bits per heavy atom. The summed E-state index contributed by atoms with van der Waals surface area (Å²) in [5, 5.41) is 7.88. The molecular weight excluding hydrogens is 160 g/mol. The molecular formula is C11H14N2. The summed E-state index contributed by atoms with van der Waals surface area (Å²) < 4.78 is 0. The zero-order chi connectivity index (χ0) is 9.26. The summed E-state index contributed by atoms with van der Waals surface area (Å²) >= 11 is 0. The lowest BCUT2D eigenvalue weighted by Gasteiger charge is -2.33. The second-order valence-electron chi connectivity index (χ2n) is 3.56. The quantitative estimate of drug-likeness (QED) is 0.512. The summed E-state index contributed by atoms with van der Waals surface area (Å²) in [7, 11) is 0. The molecule has 0 aliphatic carbocycles. The first-order valence-electron chi connectivity index (χ1n) is 4.68. The molecule has 1 aromatic carbocycles. The average molecular weight is 174 g/mol. The van der Waals surface area contributed by atoms with E-state index in [9.17, 15) is 0 Å². The summed E-state index contributed by atoms with van der Waals surface area (Å²) in [5.41, 5.74) is 2.28. The van der Waals surface area contributed by atoms with Crippen molar-refractivity contribution in [1.82, 2.24) is 4.90 Å². The van der Waals surface area contributed by atoms with Gasteiger partial charge in [-0.15, -0.1) is 0 Å². The summed E-state index contributed by atoms with van der Waals surface area (Å²) in [6.45, 7) is 4.16. The van der Waals surface area contributed by atoms with E-state index in [1.807, 2.05) is 12.1 Å². The molecule has 68 valence electrons. The first-order valence-corrected chi connectivity index (χ1v) is 4.68. The van der Waals surface area contributed by atoms with E-state index in [0.717, 1.165) is 18.7 Å². The topological polar surface area (TPSA) is 27.1 Å². The van der Waals surface area contributed by atoms with E-state index >= 15 is 0 Å². The molecule has 1 saturated heterocycles. The maximum absolute atomic E-state index is 7.88. The summed E-state index contributed by atoms with van der Waals surface area (Å²) in [6.07, 6.45) is 1.23. The van der Waals surface area contributed by atoms with E-state index in [2.05, 4.69) is 24.0 Å². The molecule has 0 bridgehead atoms. The highest BCUT2D eigenvalue weighted by molar-refractivity contribution is 5.96. The van der Waals surface area contributed by atoms with Crippen LogP contribution in [0.3, 0.4) is 0 Å². The second-order valence-corrected chi connectivity index (χ2v) is 3.56. The molecule has 0 unspecified atom stereocenters. The maximum atomic E-state index is 7.88. The fourth-order valence-electron chi connectivity index (χ4n) is 1.43. The molecule has 2 rings (SSSR count). The van der Waals surface area contributed by atoms with Crippen molar-refractivity contribution in [3.8, 4) is 0 Å². The van der Waals surface area contributed by atoms with Gasteiger partial charge in [0.1, 0.15) is 5.84 Å². The molecule has 1 fully saturated rings. The minimum atomic E-state index is 0.672. The minimum absolute atomic E-state index is 0.672. The van der Waals surface area contributed by atoms with E-state index in [4.69, 9.17) is 5.41 Å². The van der Waals surface area contributed by atoms with Crippen LogP contribution in [0.4, 0.5) is 0 Å². The Kier molecular flexibility index (Phi) is 2.05. The fourth-order valence-corrected chi connectivity index (χ4v) is 1.43. The lowest BCUT2D eigenvalue weighted by Crippen LogP contribution is -2.42. The Labute approximate surface area is 78.7 Å². The summed E-state index contributed by atoms with van der Waals surface area (Å²) in [6, 6.07) is 8.17. The number of amidine groups is 1. The van der Waals surface area contributed by atoms with E-state index in [1.54, 1.807) is 0 Å². The predicted octanol–water partition coefficient (Wildman–Crippen LogP) is 2.03. The Bertz CT molecular complexity index is 309. The Hall–Kier alpha value is -1.31. The van der Waals surface area contributed by atoms with Crippen LogP contribution in [0.15, 0.2) is 24.3 Å². The third-order valence-electron chi connectivity index (χ3n) is 2.50. The Balaban J connectivity index is 2.15. The Morgan fingerprint density at radius 1 is 1.23 bits per heavy atom. The number of hydrogen-bond acceptors (Lipinski definition) is 1. The second kappa shape index (κ2) is 3.21. The number of hydrogen-bond donors (Lipinski definition) is 1. The number of nitrogens with one attached hydrogen (secondary N) is 1. The lowest BCUT2D eigenvalue weighted by atomic mass is 10.1. The van der Waals surface area contributed by atoms with Gasteiger partial charge in [-0.05, 0) is 13.3 Å². The largest absolute Gasteiger partial charge is 0.356 e. The van der Waals surface area contributed by atoms with Crippen molar-refractivity contribution in [2.24, 2.45) is 0 Å². The number of nitrogens with zero attached hydrogens (tertiary/aromatic N) is 1. The lowest BCUT2D eigenvalue weighted by molar-refractivity contribution is 0.299. The number of benzene rings is 1. The van der Waals surface area contributed by atoms with E-state index < -0.39 is 0 Å². The highest BCUT2D eigenvalue weighted by Crippen LogP contribution is 2.12.